The van der Waals surface area contributed by atoms with Gasteiger partial charge in [-0.2, -0.15) is 0 Å². The number of ether oxygens (including phenoxy) is 1. The van der Waals surface area contributed by atoms with Crippen molar-refractivity contribution in [3.8, 4) is 0 Å². The van der Waals surface area contributed by atoms with Gasteiger partial charge in [-0.05, 0) is 56.7 Å². The molecule has 3 fully saturated rings. The second-order valence-electron chi connectivity index (χ2n) is 8.15. The maximum Gasteiger partial charge on any atom is 0.137 e. The number of rotatable bonds is 3. The highest BCUT2D eigenvalue weighted by molar-refractivity contribution is 5.91. The molecule has 3 N–H and O–H groups in total. The summed E-state index contributed by atoms with van der Waals surface area (Å²) in [5, 5.41) is 4.67. The predicted molar refractivity (Wildman–Crippen MR) is 103 cm³/mol. The number of hydrogen-bond donors (Lipinski definition) is 2. The minimum atomic E-state index is 0.229. The van der Waals surface area contributed by atoms with Gasteiger partial charge in [0.15, 0.2) is 0 Å². The number of anilines is 2. The number of nitrogens with zero attached hydrogens (tertiary/aromatic N) is 3. The Hall–Kier alpha value is -1.92. The van der Waals surface area contributed by atoms with Crippen molar-refractivity contribution in [2.24, 2.45) is 0 Å². The third-order valence-corrected chi connectivity index (χ3v) is 6.30. The van der Waals surface area contributed by atoms with E-state index in [0.717, 1.165) is 42.1 Å². The van der Waals surface area contributed by atoms with Crippen molar-refractivity contribution in [1.82, 2.24) is 14.9 Å². The molecule has 2 aromatic rings. The summed E-state index contributed by atoms with van der Waals surface area (Å²) in [5.41, 5.74) is 7.87. The molecule has 0 bridgehead atoms. The van der Waals surface area contributed by atoms with Crippen LogP contribution in [0, 0.1) is 0 Å². The Kier molecular flexibility index (Phi) is 3.98. The van der Waals surface area contributed by atoms with Crippen LogP contribution in [-0.2, 0) is 4.74 Å². The lowest BCUT2D eigenvalue weighted by Gasteiger charge is -2.41. The number of fused-ring (bicyclic) bond motifs is 1. The molecule has 0 unspecified atom stereocenters. The maximum absolute atomic E-state index is 5.97. The molecular formula is C20H27N5O. The predicted octanol–water partition coefficient (Wildman–Crippen LogP) is 2.80. The third-order valence-electron chi connectivity index (χ3n) is 6.30. The summed E-state index contributed by atoms with van der Waals surface area (Å²) in [6.07, 6.45) is 9.01. The van der Waals surface area contributed by atoms with Gasteiger partial charge >= 0.3 is 0 Å². The number of aromatic nitrogens is 2. The van der Waals surface area contributed by atoms with Crippen molar-refractivity contribution in [3.63, 3.8) is 0 Å². The number of hydrogen-bond acceptors (Lipinski definition) is 6. The van der Waals surface area contributed by atoms with E-state index in [2.05, 4.69) is 20.2 Å². The molecule has 1 saturated heterocycles. The van der Waals surface area contributed by atoms with Crippen LogP contribution < -0.4 is 11.1 Å². The average molecular weight is 353 g/mol. The Morgan fingerprint density at radius 1 is 1.15 bits per heavy atom. The van der Waals surface area contributed by atoms with Gasteiger partial charge in [-0.1, -0.05) is 0 Å². The lowest BCUT2D eigenvalue weighted by molar-refractivity contribution is -0.0643. The fraction of sp³-hybridized carbons (Fsp3) is 0.600. The van der Waals surface area contributed by atoms with Gasteiger partial charge < -0.3 is 15.8 Å². The molecule has 5 rings (SSSR count). The highest BCUT2D eigenvalue weighted by Gasteiger charge is 2.48. The molecule has 1 aliphatic heterocycles. The van der Waals surface area contributed by atoms with Crippen molar-refractivity contribution < 1.29 is 4.74 Å². The zero-order chi connectivity index (χ0) is 17.6. The van der Waals surface area contributed by atoms with E-state index >= 15 is 0 Å². The fourth-order valence-electron chi connectivity index (χ4n) is 4.60. The summed E-state index contributed by atoms with van der Waals surface area (Å²) < 4.78 is 5.97. The van der Waals surface area contributed by atoms with Gasteiger partial charge in [0.1, 0.15) is 12.1 Å². The Labute approximate surface area is 154 Å². The average Bonchev–Trinajstić information content (AvgIpc) is 3.41. The molecule has 26 heavy (non-hydrogen) atoms. The van der Waals surface area contributed by atoms with Gasteiger partial charge in [0.2, 0.25) is 0 Å². The molecule has 138 valence electrons. The van der Waals surface area contributed by atoms with Crippen molar-refractivity contribution in [2.75, 3.05) is 30.7 Å². The second-order valence-corrected chi connectivity index (χ2v) is 8.15. The van der Waals surface area contributed by atoms with E-state index < -0.39 is 0 Å². The minimum absolute atomic E-state index is 0.229. The van der Waals surface area contributed by atoms with Gasteiger partial charge in [-0.15, -0.1) is 0 Å². The van der Waals surface area contributed by atoms with Gasteiger partial charge in [-0.25, -0.2) is 9.97 Å². The zero-order valence-corrected chi connectivity index (χ0v) is 15.2. The summed E-state index contributed by atoms with van der Waals surface area (Å²) in [4.78, 5) is 11.5. The largest absolute Gasteiger partial charge is 0.399 e. The molecule has 0 amide bonds. The van der Waals surface area contributed by atoms with E-state index in [0.29, 0.717) is 12.1 Å². The fourth-order valence-corrected chi connectivity index (χ4v) is 4.60. The Balaban J connectivity index is 1.23. The lowest BCUT2D eigenvalue weighted by Crippen LogP contribution is -2.50. The monoisotopic (exact) mass is 353 g/mol. The summed E-state index contributed by atoms with van der Waals surface area (Å²) in [7, 11) is 0. The first-order chi connectivity index (χ1) is 12.7. The van der Waals surface area contributed by atoms with Gasteiger partial charge in [0, 0.05) is 36.2 Å². The summed E-state index contributed by atoms with van der Waals surface area (Å²) >= 11 is 0. The maximum atomic E-state index is 5.97. The first-order valence-corrected chi connectivity index (χ1v) is 9.86. The molecule has 3 aliphatic rings. The van der Waals surface area contributed by atoms with Crippen LogP contribution in [0.2, 0.25) is 0 Å². The molecule has 1 aromatic heterocycles. The van der Waals surface area contributed by atoms with Crippen LogP contribution in [-0.4, -0.2) is 52.2 Å². The normalized spacial score (nSPS) is 28.3. The number of morpholine rings is 1. The molecule has 6 heteroatoms. The lowest BCUT2D eigenvalue weighted by atomic mass is 9.89. The third kappa shape index (κ3) is 3.12. The summed E-state index contributed by atoms with van der Waals surface area (Å²) in [6, 6.07) is 7.00. The number of benzene rings is 1. The Bertz CT molecular complexity index is 798. The first-order valence-electron chi connectivity index (χ1n) is 9.86. The SMILES string of the molecule is Nc1ccc2ncnc(N[C@H]3CC[C@H](N4CCOC5(CC5)C4)CC3)c2c1. The molecule has 0 atom stereocenters. The topological polar surface area (TPSA) is 76.3 Å². The van der Waals surface area contributed by atoms with Crippen LogP contribution in [0.5, 0.6) is 0 Å². The molecular weight excluding hydrogens is 326 g/mol. The van der Waals surface area contributed by atoms with Crippen molar-refractivity contribution in [3.05, 3.63) is 24.5 Å². The van der Waals surface area contributed by atoms with Gasteiger partial charge in [-0.3, -0.25) is 4.90 Å². The van der Waals surface area contributed by atoms with E-state index in [-0.39, 0.29) is 5.60 Å². The van der Waals surface area contributed by atoms with E-state index in [9.17, 15) is 0 Å². The van der Waals surface area contributed by atoms with E-state index in [1.807, 2.05) is 18.2 Å². The van der Waals surface area contributed by atoms with Crippen LogP contribution in [0.1, 0.15) is 38.5 Å². The first kappa shape index (κ1) is 16.3. The van der Waals surface area contributed by atoms with Crippen molar-refractivity contribution in [1.29, 1.82) is 0 Å². The second kappa shape index (κ2) is 6.35. The number of nitrogens with one attached hydrogen (secondary N) is 1. The molecule has 1 aromatic carbocycles. The molecule has 2 heterocycles. The molecule has 1 spiro atoms. The molecule has 2 saturated carbocycles. The number of nitrogen functional groups attached to an aromatic ring is 1. The van der Waals surface area contributed by atoms with Crippen molar-refractivity contribution in [2.45, 2.75) is 56.2 Å². The highest BCUT2D eigenvalue weighted by atomic mass is 16.5. The van der Waals surface area contributed by atoms with Gasteiger partial charge in [0.05, 0.1) is 17.7 Å². The van der Waals surface area contributed by atoms with Crippen LogP contribution in [0.4, 0.5) is 11.5 Å². The smallest absolute Gasteiger partial charge is 0.137 e. The van der Waals surface area contributed by atoms with E-state index in [1.54, 1.807) is 6.33 Å². The van der Waals surface area contributed by atoms with E-state index in [1.165, 1.54) is 38.5 Å². The van der Waals surface area contributed by atoms with E-state index in [4.69, 9.17) is 10.5 Å². The zero-order valence-electron chi connectivity index (χ0n) is 15.2. The summed E-state index contributed by atoms with van der Waals surface area (Å²) in [6.45, 7) is 3.15. The van der Waals surface area contributed by atoms with Crippen LogP contribution in [0.15, 0.2) is 24.5 Å². The molecule has 6 nitrogen and oxygen atoms in total. The quantitative estimate of drug-likeness (QED) is 0.827. The van der Waals surface area contributed by atoms with Crippen LogP contribution in [0.3, 0.4) is 0 Å². The Morgan fingerprint density at radius 2 is 2.00 bits per heavy atom. The minimum Gasteiger partial charge on any atom is -0.399 e. The van der Waals surface area contributed by atoms with Crippen LogP contribution in [0.25, 0.3) is 10.9 Å². The molecule has 2 aliphatic carbocycles. The molecule has 0 radical (unpaired) electrons. The standard InChI is InChI=1S/C20H27N5O/c21-14-1-6-18-17(11-14)19(23-13-22-18)24-15-2-4-16(5-3-15)25-9-10-26-20(12-25)7-8-20/h1,6,11,13,15-16H,2-5,7-10,12,21H2,(H,22,23,24)/t15-,16-. The number of nitrogens with two attached hydrogens (primary N) is 1. The van der Waals surface area contributed by atoms with Gasteiger partial charge in [0.25, 0.3) is 0 Å². The highest BCUT2D eigenvalue weighted by Crippen LogP contribution is 2.43. The Morgan fingerprint density at radius 3 is 2.81 bits per heavy atom. The van der Waals surface area contributed by atoms with Crippen molar-refractivity contribution >= 4 is 22.4 Å². The van der Waals surface area contributed by atoms with Crippen LogP contribution >= 0.6 is 0 Å². The summed E-state index contributed by atoms with van der Waals surface area (Å²) in [5.74, 6) is 0.911.